The summed E-state index contributed by atoms with van der Waals surface area (Å²) >= 11 is 0. The van der Waals surface area contributed by atoms with E-state index in [0.29, 0.717) is 0 Å². The Morgan fingerprint density at radius 3 is 2.44 bits per heavy atom. The van der Waals surface area contributed by atoms with Crippen LogP contribution in [0.5, 0.6) is 0 Å². The fourth-order valence-electron chi connectivity index (χ4n) is 2.63. The summed E-state index contributed by atoms with van der Waals surface area (Å²) in [7, 11) is 0. The highest BCUT2D eigenvalue weighted by Gasteiger charge is 2.18. The van der Waals surface area contributed by atoms with E-state index in [0.717, 1.165) is 38.5 Å². The van der Waals surface area contributed by atoms with Crippen molar-refractivity contribution >= 4 is 6.41 Å². The first kappa shape index (κ1) is 11.9. The zero-order valence-electron chi connectivity index (χ0n) is 10.0. The van der Waals surface area contributed by atoms with Crippen molar-refractivity contribution in [1.82, 2.24) is 15.1 Å². The van der Waals surface area contributed by atoms with Gasteiger partial charge in [-0.15, -0.1) is 0 Å². The van der Waals surface area contributed by atoms with E-state index >= 15 is 0 Å². The van der Waals surface area contributed by atoms with Crippen LogP contribution in [0.25, 0.3) is 0 Å². The lowest BCUT2D eigenvalue weighted by atomic mass is 9.94. The number of hydrogen-bond donors (Lipinski definition) is 1. The summed E-state index contributed by atoms with van der Waals surface area (Å²) in [6, 6.07) is 0. The highest BCUT2D eigenvalue weighted by Crippen LogP contribution is 2.16. The van der Waals surface area contributed by atoms with Crippen LogP contribution >= 0.6 is 0 Å². The molecule has 0 bridgehead atoms. The second kappa shape index (κ2) is 6.21. The molecular weight excluding hydrogens is 202 g/mol. The maximum atomic E-state index is 10.6. The maximum absolute atomic E-state index is 10.6. The highest BCUT2D eigenvalue weighted by atomic mass is 16.1. The Morgan fingerprint density at radius 2 is 1.81 bits per heavy atom. The molecule has 2 rings (SSSR count). The molecule has 2 aliphatic heterocycles. The van der Waals surface area contributed by atoms with Crippen molar-refractivity contribution < 1.29 is 4.79 Å². The summed E-state index contributed by atoms with van der Waals surface area (Å²) in [5.74, 6) is 0.922. The molecule has 2 fully saturated rings. The minimum Gasteiger partial charge on any atom is -0.343 e. The van der Waals surface area contributed by atoms with Gasteiger partial charge in [0, 0.05) is 26.2 Å². The van der Waals surface area contributed by atoms with Gasteiger partial charge in [-0.25, -0.2) is 0 Å². The predicted octanol–water partition coefficient (Wildman–Crippen LogP) is 0.150. The summed E-state index contributed by atoms with van der Waals surface area (Å²) < 4.78 is 0. The van der Waals surface area contributed by atoms with Gasteiger partial charge in [-0.05, 0) is 44.8 Å². The molecule has 0 unspecified atom stereocenters. The number of hydrogen-bond acceptors (Lipinski definition) is 3. The molecule has 0 saturated carbocycles. The maximum Gasteiger partial charge on any atom is 0.209 e. The number of nitrogens with one attached hydrogen (secondary N) is 1. The van der Waals surface area contributed by atoms with Gasteiger partial charge in [-0.2, -0.15) is 0 Å². The summed E-state index contributed by atoms with van der Waals surface area (Å²) in [5, 5.41) is 3.41. The second-order valence-electron chi connectivity index (χ2n) is 4.97. The molecule has 4 nitrogen and oxygen atoms in total. The number of rotatable bonds is 4. The Bertz CT molecular complexity index is 208. The Labute approximate surface area is 98.0 Å². The van der Waals surface area contributed by atoms with Crippen molar-refractivity contribution in [2.24, 2.45) is 5.92 Å². The summed E-state index contributed by atoms with van der Waals surface area (Å²) in [6.45, 7) is 7.56. The third-order valence-corrected chi connectivity index (χ3v) is 3.87. The van der Waals surface area contributed by atoms with Crippen molar-refractivity contribution in [3.05, 3.63) is 0 Å². The molecule has 2 heterocycles. The number of carbonyl (C=O) groups excluding carboxylic acids is 1. The average Bonchev–Trinajstić information content (AvgIpc) is 2.38. The van der Waals surface area contributed by atoms with E-state index < -0.39 is 0 Å². The van der Waals surface area contributed by atoms with Crippen LogP contribution < -0.4 is 5.32 Å². The van der Waals surface area contributed by atoms with E-state index in [1.807, 2.05) is 4.90 Å². The Morgan fingerprint density at radius 1 is 1.12 bits per heavy atom. The monoisotopic (exact) mass is 225 g/mol. The quantitative estimate of drug-likeness (QED) is 0.692. The molecule has 1 amide bonds. The van der Waals surface area contributed by atoms with Crippen LogP contribution in [0.1, 0.15) is 19.3 Å². The molecule has 0 spiro atoms. The van der Waals surface area contributed by atoms with Gasteiger partial charge in [0.15, 0.2) is 0 Å². The van der Waals surface area contributed by atoms with Gasteiger partial charge < -0.3 is 10.2 Å². The lowest BCUT2D eigenvalue weighted by Gasteiger charge is -2.33. The standard InChI is InChI=1S/C12H23N3O/c16-11-15-9-7-14(8-10-15)6-3-12-1-4-13-5-2-12/h11-13H,1-10H2. The Kier molecular flexibility index (Phi) is 4.60. The predicted molar refractivity (Wildman–Crippen MR) is 64.3 cm³/mol. The van der Waals surface area contributed by atoms with Crippen LogP contribution in [0.15, 0.2) is 0 Å². The van der Waals surface area contributed by atoms with Crippen molar-refractivity contribution in [2.75, 3.05) is 45.8 Å². The number of piperidine rings is 1. The van der Waals surface area contributed by atoms with Crippen LogP contribution in [-0.4, -0.2) is 62.0 Å². The SMILES string of the molecule is O=CN1CCN(CCC2CCNCC2)CC1. The number of amides is 1. The largest absolute Gasteiger partial charge is 0.343 e. The molecule has 92 valence electrons. The first-order valence-corrected chi connectivity index (χ1v) is 6.51. The van der Waals surface area contributed by atoms with Gasteiger partial charge in [0.2, 0.25) is 6.41 Å². The van der Waals surface area contributed by atoms with Gasteiger partial charge in [-0.3, -0.25) is 9.69 Å². The third kappa shape index (κ3) is 3.46. The Balaban J connectivity index is 1.61. The molecule has 0 aromatic rings. The van der Waals surface area contributed by atoms with Crippen molar-refractivity contribution in [2.45, 2.75) is 19.3 Å². The molecule has 0 atom stereocenters. The van der Waals surface area contributed by atoms with Crippen LogP contribution in [0, 0.1) is 5.92 Å². The summed E-state index contributed by atoms with van der Waals surface area (Å²) in [4.78, 5) is 15.0. The minimum absolute atomic E-state index is 0.912. The lowest BCUT2D eigenvalue weighted by Crippen LogP contribution is -2.46. The van der Waals surface area contributed by atoms with E-state index in [9.17, 15) is 4.79 Å². The number of piperazine rings is 1. The second-order valence-corrected chi connectivity index (χ2v) is 4.97. The third-order valence-electron chi connectivity index (χ3n) is 3.87. The molecule has 2 aliphatic rings. The topological polar surface area (TPSA) is 35.6 Å². The van der Waals surface area contributed by atoms with Gasteiger partial charge in [0.05, 0.1) is 0 Å². The number of nitrogens with zero attached hydrogens (tertiary/aromatic N) is 2. The van der Waals surface area contributed by atoms with Gasteiger partial charge >= 0.3 is 0 Å². The molecule has 1 N–H and O–H groups in total. The Hall–Kier alpha value is -0.610. The molecule has 2 saturated heterocycles. The van der Waals surface area contributed by atoms with E-state index in [4.69, 9.17) is 0 Å². The van der Waals surface area contributed by atoms with E-state index in [1.165, 1.54) is 38.9 Å². The van der Waals surface area contributed by atoms with Crippen LogP contribution in [0.2, 0.25) is 0 Å². The lowest BCUT2D eigenvalue weighted by molar-refractivity contribution is -0.119. The molecule has 0 aromatic carbocycles. The van der Waals surface area contributed by atoms with Gasteiger partial charge in [0.1, 0.15) is 0 Å². The highest BCUT2D eigenvalue weighted by molar-refractivity contribution is 5.47. The van der Waals surface area contributed by atoms with E-state index in [-0.39, 0.29) is 0 Å². The minimum atomic E-state index is 0.912. The molecule has 16 heavy (non-hydrogen) atoms. The zero-order chi connectivity index (χ0) is 11.2. The molecular formula is C12H23N3O. The first-order chi connectivity index (χ1) is 7.88. The van der Waals surface area contributed by atoms with Gasteiger partial charge in [0.25, 0.3) is 0 Å². The number of carbonyl (C=O) groups is 1. The van der Waals surface area contributed by atoms with E-state index in [2.05, 4.69) is 10.2 Å². The average molecular weight is 225 g/mol. The van der Waals surface area contributed by atoms with Crippen molar-refractivity contribution in [3.63, 3.8) is 0 Å². The smallest absolute Gasteiger partial charge is 0.209 e. The van der Waals surface area contributed by atoms with Crippen LogP contribution in [0.3, 0.4) is 0 Å². The first-order valence-electron chi connectivity index (χ1n) is 6.51. The molecule has 0 radical (unpaired) electrons. The summed E-state index contributed by atoms with van der Waals surface area (Å²) in [5.41, 5.74) is 0. The van der Waals surface area contributed by atoms with Crippen LogP contribution in [-0.2, 0) is 4.79 Å². The molecule has 4 heteroatoms. The van der Waals surface area contributed by atoms with E-state index in [1.54, 1.807) is 0 Å². The van der Waals surface area contributed by atoms with Gasteiger partial charge in [-0.1, -0.05) is 0 Å². The fraction of sp³-hybridized carbons (Fsp3) is 0.917. The molecule has 0 aromatic heterocycles. The fourth-order valence-corrected chi connectivity index (χ4v) is 2.63. The summed E-state index contributed by atoms with van der Waals surface area (Å²) in [6.07, 6.45) is 5.00. The normalized spacial score (nSPS) is 24.6. The van der Waals surface area contributed by atoms with Crippen LogP contribution in [0.4, 0.5) is 0 Å². The van der Waals surface area contributed by atoms with Crippen molar-refractivity contribution in [1.29, 1.82) is 0 Å². The zero-order valence-corrected chi connectivity index (χ0v) is 10.0. The molecule has 0 aliphatic carbocycles. The van der Waals surface area contributed by atoms with Crippen molar-refractivity contribution in [3.8, 4) is 0 Å².